The van der Waals surface area contributed by atoms with Crippen molar-refractivity contribution in [2.75, 3.05) is 0 Å². The maximum atomic E-state index is 10.9. The Bertz CT molecular complexity index is 887. The molecule has 0 spiro atoms. The highest BCUT2D eigenvalue weighted by atomic mass is 16.5. The first kappa shape index (κ1) is 21.2. The van der Waals surface area contributed by atoms with E-state index in [2.05, 4.69) is 62.5 Å². The van der Waals surface area contributed by atoms with Crippen LogP contribution in [0.15, 0.2) is 36.4 Å². The molecular weight excluding hydrogens is 374 g/mol. The molecular formula is C26H35NO3. The van der Waals surface area contributed by atoms with Crippen molar-refractivity contribution >= 4 is 16.7 Å². The van der Waals surface area contributed by atoms with Gasteiger partial charge in [0.15, 0.2) is 0 Å². The van der Waals surface area contributed by atoms with E-state index in [-0.39, 0.29) is 5.92 Å². The van der Waals surface area contributed by atoms with Gasteiger partial charge in [0.1, 0.15) is 5.75 Å². The Morgan fingerprint density at radius 2 is 1.83 bits per heavy atom. The van der Waals surface area contributed by atoms with Crippen molar-refractivity contribution < 1.29 is 14.6 Å². The molecule has 0 radical (unpaired) electrons. The molecule has 0 atom stereocenters. The average molecular weight is 410 g/mol. The van der Waals surface area contributed by atoms with E-state index in [4.69, 9.17) is 9.84 Å². The summed E-state index contributed by atoms with van der Waals surface area (Å²) in [5.74, 6) is 0.950. The fourth-order valence-corrected chi connectivity index (χ4v) is 4.99. The van der Waals surface area contributed by atoms with E-state index in [9.17, 15) is 4.79 Å². The van der Waals surface area contributed by atoms with Crippen molar-refractivity contribution in [3.05, 3.63) is 42.0 Å². The Kier molecular flexibility index (Phi) is 6.06. The number of hydrogen-bond donors (Lipinski definition) is 2. The van der Waals surface area contributed by atoms with Crippen molar-refractivity contribution in [3.8, 4) is 5.75 Å². The van der Waals surface area contributed by atoms with Crippen molar-refractivity contribution in [2.24, 2.45) is 17.3 Å². The lowest BCUT2D eigenvalue weighted by Crippen LogP contribution is -2.43. The van der Waals surface area contributed by atoms with Gasteiger partial charge in [-0.05, 0) is 72.9 Å². The van der Waals surface area contributed by atoms with E-state index >= 15 is 0 Å². The fourth-order valence-electron chi connectivity index (χ4n) is 4.99. The quantitative estimate of drug-likeness (QED) is 0.635. The van der Waals surface area contributed by atoms with Crippen LogP contribution >= 0.6 is 0 Å². The second-order valence-electron chi connectivity index (χ2n) is 10.4. The number of hydrogen-bond acceptors (Lipinski definition) is 3. The molecule has 4 rings (SSSR count). The molecule has 2 aliphatic rings. The third kappa shape index (κ3) is 4.80. The topological polar surface area (TPSA) is 58.6 Å². The summed E-state index contributed by atoms with van der Waals surface area (Å²) in [4.78, 5) is 10.9. The molecule has 4 heteroatoms. The van der Waals surface area contributed by atoms with Gasteiger partial charge in [0, 0.05) is 18.0 Å². The summed E-state index contributed by atoms with van der Waals surface area (Å²) in [7, 11) is 0. The maximum absolute atomic E-state index is 10.9. The first-order valence-electron chi connectivity index (χ1n) is 11.4. The highest BCUT2D eigenvalue weighted by Crippen LogP contribution is 2.39. The summed E-state index contributed by atoms with van der Waals surface area (Å²) in [6, 6.07) is 13.2. The highest BCUT2D eigenvalue weighted by Gasteiger charge is 2.34. The van der Waals surface area contributed by atoms with E-state index in [1.54, 1.807) is 0 Å². The van der Waals surface area contributed by atoms with Crippen molar-refractivity contribution in [3.63, 3.8) is 0 Å². The summed E-state index contributed by atoms with van der Waals surface area (Å²) in [6.07, 6.45) is 6.56. The summed E-state index contributed by atoms with van der Waals surface area (Å²) >= 11 is 0. The Morgan fingerprint density at radius 1 is 1.10 bits per heavy atom. The van der Waals surface area contributed by atoms with Crippen LogP contribution in [0.4, 0.5) is 0 Å². The van der Waals surface area contributed by atoms with Crippen LogP contribution in [0, 0.1) is 17.3 Å². The lowest BCUT2D eigenvalue weighted by molar-refractivity contribution is -0.145. The average Bonchev–Trinajstić information content (AvgIpc) is 2.66. The summed E-state index contributed by atoms with van der Waals surface area (Å²) in [6.45, 7) is 7.83. The van der Waals surface area contributed by atoms with Crippen molar-refractivity contribution in [2.45, 2.75) is 78.0 Å². The number of carboxylic acids is 1. The smallest absolute Gasteiger partial charge is 0.306 e. The summed E-state index contributed by atoms with van der Waals surface area (Å²) in [5.41, 5.74) is 1.62. The number of carboxylic acid groups (broad SMARTS) is 1. The molecule has 2 aromatic rings. The number of ether oxygens (including phenoxy) is 1. The Morgan fingerprint density at radius 3 is 2.50 bits per heavy atom. The number of rotatable bonds is 6. The predicted molar refractivity (Wildman–Crippen MR) is 121 cm³/mol. The second-order valence-corrected chi connectivity index (χ2v) is 10.4. The zero-order valence-electron chi connectivity index (χ0n) is 18.5. The zero-order chi connectivity index (χ0) is 21.3. The largest absolute Gasteiger partial charge is 0.490 e. The molecule has 0 unspecified atom stereocenters. The minimum absolute atomic E-state index is 0.169. The highest BCUT2D eigenvalue weighted by molar-refractivity contribution is 5.88. The van der Waals surface area contributed by atoms with Gasteiger partial charge in [0.25, 0.3) is 0 Å². The van der Waals surface area contributed by atoms with Crippen LogP contribution in [0.3, 0.4) is 0 Å². The minimum atomic E-state index is -0.668. The van der Waals surface area contributed by atoms with E-state index < -0.39 is 5.97 Å². The zero-order valence-corrected chi connectivity index (χ0v) is 18.5. The molecule has 0 aliphatic heterocycles. The summed E-state index contributed by atoms with van der Waals surface area (Å²) < 4.78 is 6.46. The molecule has 30 heavy (non-hydrogen) atoms. The standard InChI is InChI=1S/C26H35NO3/c1-26(2,3)20-8-10-22(11-9-20)30-24-6-4-5-18-13-17(7-12-23(18)24)16-27-21-14-19(15-21)25(28)29/h4-7,12-13,19-22,27H,8-11,14-16H2,1-3H3,(H,28,29). The third-order valence-corrected chi connectivity index (χ3v) is 7.18. The Balaban J connectivity index is 1.36. The molecule has 2 N–H and O–H groups in total. The van der Waals surface area contributed by atoms with Crippen LogP contribution in [0.25, 0.3) is 10.8 Å². The number of aliphatic carboxylic acids is 1. The molecule has 0 heterocycles. The van der Waals surface area contributed by atoms with Gasteiger partial charge in [0.05, 0.1) is 12.0 Å². The van der Waals surface area contributed by atoms with Crippen LogP contribution in [-0.2, 0) is 11.3 Å². The maximum Gasteiger partial charge on any atom is 0.306 e. The van der Waals surface area contributed by atoms with E-state index in [0.29, 0.717) is 17.6 Å². The number of carbonyl (C=O) groups is 1. The third-order valence-electron chi connectivity index (χ3n) is 7.18. The van der Waals surface area contributed by atoms with Gasteiger partial charge in [-0.3, -0.25) is 4.79 Å². The van der Waals surface area contributed by atoms with Crippen molar-refractivity contribution in [1.29, 1.82) is 0 Å². The molecule has 4 nitrogen and oxygen atoms in total. The summed E-state index contributed by atoms with van der Waals surface area (Å²) in [5, 5.41) is 14.9. The van der Waals surface area contributed by atoms with E-state index in [1.165, 1.54) is 29.2 Å². The lowest BCUT2D eigenvalue weighted by Gasteiger charge is -2.37. The van der Waals surface area contributed by atoms with Gasteiger partial charge in [-0.1, -0.05) is 45.0 Å². The molecule has 2 aliphatic carbocycles. The second kappa shape index (κ2) is 8.58. The van der Waals surface area contributed by atoms with Crippen LogP contribution in [0.5, 0.6) is 5.75 Å². The first-order chi connectivity index (χ1) is 14.3. The van der Waals surface area contributed by atoms with Gasteiger partial charge < -0.3 is 15.2 Å². The monoisotopic (exact) mass is 409 g/mol. The Hall–Kier alpha value is -2.07. The van der Waals surface area contributed by atoms with Gasteiger partial charge >= 0.3 is 5.97 Å². The normalized spacial score (nSPS) is 26.9. The molecule has 0 bridgehead atoms. The molecule has 2 aromatic carbocycles. The molecule has 0 amide bonds. The van der Waals surface area contributed by atoms with Crippen LogP contribution < -0.4 is 10.1 Å². The number of benzene rings is 2. The molecule has 0 aromatic heterocycles. The van der Waals surface area contributed by atoms with Crippen LogP contribution in [-0.4, -0.2) is 23.2 Å². The van der Waals surface area contributed by atoms with Gasteiger partial charge in [-0.2, -0.15) is 0 Å². The van der Waals surface area contributed by atoms with Crippen LogP contribution in [0.2, 0.25) is 0 Å². The lowest BCUT2D eigenvalue weighted by atomic mass is 9.72. The minimum Gasteiger partial charge on any atom is -0.490 e. The van der Waals surface area contributed by atoms with Gasteiger partial charge in [0.2, 0.25) is 0 Å². The first-order valence-corrected chi connectivity index (χ1v) is 11.4. The fraction of sp³-hybridized carbons (Fsp3) is 0.577. The van der Waals surface area contributed by atoms with Crippen molar-refractivity contribution in [1.82, 2.24) is 5.32 Å². The molecule has 0 saturated heterocycles. The Labute approximate surface area is 180 Å². The van der Waals surface area contributed by atoms with E-state index in [0.717, 1.165) is 43.9 Å². The van der Waals surface area contributed by atoms with E-state index in [1.807, 2.05) is 0 Å². The molecule has 2 saturated carbocycles. The molecule has 2 fully saturated rings. The predicted octanol–water partition coefficient (Wildman–Crippen LogP) is 5.78. The number of nitrogens with one attached hydrogen (secondary N) is 1. The SMILES string of the molecule is CC(C)(C)C1CCC(Oc2cccc3cc(CNC4CC(C(=O)O)C4)ccc23)CC1. The number of fused-ring (bicyclic) bond motifs is 1. The van der Waals surface area contributed by atoms with Crippen LogP contribution in [0.1, 0.15) is 64.9 Å². The van der Waals surface area contributed by atoms with Gasteiger partial charge in [-0.25, -0.2) is 0 Å². The molecule has 162 valence electrons. The van der Waals surface area contributed by atoms with Gasteiger partial charge in [-0.15, -0.1) is 0 Å².